The summed E-state index contributed by atoms with van der Waals surface area (Å²) >= 11 is 6.02. The molecular weight excluding hydrogens is 460 g/mol. The Kier molecular flexibility index (Phi) is 6.35. The largest absolute Gasteiger partial charge is 0.463 e. The highest BCUT2D eigenvalue weighted by molar-refractivity contribution is 7.90. The number of rotatable bonds is 6. The summed E-state index contributed by atoms with van der Waals surface area (Å²) in [5, 5.41) is 14.3. The summed E-state index contributed by atoms with van der Waals surface area (Å²) in [7, 11) is -3.32. The standard InChI is InChI=1S/C25H20ClN2O4S/c1-33(31,32)21-13-9-18(10-14-21)22(17-5-3-2-4-6-17)15-24-23(16-28(27-24)25(29)30)19-7-11-20(26)12-8-19/h2-14,22H,15H2,1H3,(H,29,30). The molecule has 167 valence electrons. The Hall–Kier alpha value is -3.42. The van der Waals surface area contributed by atoms with E-state index in [2.05, 4.69) is 11.3 Å². The van der Waals surface area contributed by atoms with E-state index < -0.39 is 15.9 Å². The molecule has 4 aromatic rings. The molecule has 1 unspecified atom stereocenters. The second-order valence-corrected chi connectivity index (χ2v) is 10.1. The summed E-state index contributed by atoms with van der Waals surface area (Å²) in [6.45, 7) is 0. The molecule has 0 bridgehead atoms. The first kappa shape index (κ1) is 22.8. The number of hydrogen-bond donors (Lipinski definition) is 1. The van der Waals surface area contributed by atoms with Crippen molar-refractivity contribution < 1.29 is 18.3 Å². The minimum absolute atomic E-state index is 0.184. The maximum Gasteiger partial charge on any atom is 0.432 e. The molecule has 33 heavy (non-hydrogen) atoms. The van der Waals surface area contributed by atoms with Crippen LogP contribution in [0.2, 0.25) is 5.02 Å². The van der Waals surface area contributed by atoms with Crippen molar-refractivity contribution in [3.8, 4) is 11.1 Å². The van der Waals surface area contributed by atoms with Gasteiger partial charge in [-0.05, 0) is 41.0 Å². The number of aromatic nitrogens is 2. The number of carbonyl (C=O) groups is 1. The fourth-order valence-electron chi connectivity index (χ4n) is 3.70. The first-order valence-corrected chi connectivity index (χ1v) is 12.3. The Morgan fingerprint density at radius 2 is 1.61 bits per heavy atom. The summed E-state index contributed by atoms with van der Waals surface area (Å²) in [5.41, 5.74) is 3.77. The van der Waals surface area contributed by atoms with E-state index in [1.165, 1.54) is 6.26 Å². The molecule has 6 nitrogen and oxygen atoms in total. The summed E-state index contributed by atoms with van der Waals surface area (Å²) in [6, 6.07) is 23.5. The number of carboxylic acid groups (broad SMARTS) is 1. The molecule has 0 aliphatic carbocycles. The van der Waals surface area contributed by atoms with Gasteiger partial charge in [0.05, 0.1) is 10.6 Å². The van der Waals surface area contributed by atoms with E-state index in [1.807, 2.05) is 30.3 Å². The second-order valence-electron chi connectivity index (χ2n) is 7.64. The third-order valence-electron chi connectivity index (χ3n) is 5.35. The first-order valence-electron chi connectivity index (χ1n) is 10.1. The van der Waals surface area contributed by atoms with Crippen LogP contribution in [0.3, 0.4) is 0 Å². The van der Waals surface area contributed by atoms with E-state index in [0.717, 1.165) is 21.4 Å². The van der Waals surface area contributed by atoms with Crippen molar-refractivity contribution in [1.29, 1.82) is 0 Å². The molecular formula is C25H20ClN2O4S. The third-order valence-corrected chi connectivity index (χ3v) is 6.73. The predicted molar refractivity (Wildman–Crippen MR) is 126 cm³/mol. The summed E-state index contributed by atoms with van der Waals surface area (Å²) in [4.78, 5) is 11.8. The zero-order valence-electron chi connectivity index (χ0n) is 17.6. The maximum atomic E-state index is 11.9. The third kappa shape index (κ3) is 5.16. The Morgan fingerprint density at radius 1 is 1.00 bits per heavy atom. The lowest BCUT2D eigenvalue weighted by atomic mass is 9.86. The number of sulfone groups is 1. The molecule has 0 aliphatic heterocycles. The number of hydrogen-bond acceptors (Lipinski definition) is 4. The van der Waals surface area contributed by atoms with Gasteiger partial charge >= 0.3 is 6.09 Å². The molecule has 0 saturated carbocycles. The lowest BCUT2D eigenvalue weighted by Gasteiger charge is -2.18. The molecule has 8 heteroatoms. The molecule has 0 saturated heterocycles. The normalized spacial score (nSPS) is 12.4. The van der Waals surface area contributed by atoms with Crippen LogP contribution in [0.5, 0.6) is 0 Å². The van der Waals surface area contributed by atoms with Crippen LogP contribution >= 0.6 is 11.6 Å². The van der Waals surface area contributed by atoms with Crippen molar-refractivity contribution in [1.82, 2.24) is 9.78 Å². The maximum absolute atomic E-state index is 11.9. The molecule has 0 aliphatic rings. The molecule has 1 N–H and O–H groups in total. The highest BCUT2D eigenvalue weighted by Gasteiger charge is 2.22. The highest BCUT2D eigenvalue weighted by Crippen LogP contribution is 2.33. The fourth-order valence-corrected chi connectivity index (χ4v) is 4.46. The van der Waals surface area contributed by atoms with E-state index in [9.17, 15) is 18.3 Å². The molecule has 1 heterocycles. The first-order chi connectivity index (χ1) is 15.7. The molecule has 0 fully saturated rings. The van der Waals surface area contributed by atoms with E-state index in [0.29, 0.717) is 22.7 Å². The minimum atomic E-state index is -3.32. The van der Waals surface area contributed by atoms with Crippen molar-refractivity contribution in [3.63, 3.8) is 0 Å². The lowest BCUT2D eigenvalue weighted by Crippen LogP contribution is -2.11. The number of nitrogens with zero attached hydrogens (tertiary/aromatic N) is 2. The summed E-state index contributed by atoms with van der Waals surface area (Å²) in [6.07, 6.45) is 3.16. The van der Waals surface area contributed by atoms with Gasteiger partial charge in [-0.1, -0.05) is 66.2 Å². The van der Waals surface area contributed by atoms with E-state index in [-0.39, 0.29) is 10.8 Å². The molecule has 4 rings (SSSR count). The van der Waals surface area contributed by atoms with Crippen LogP contribution < -0.4 is 0 Å². The second kappa shape index (κ2) is 9.21. The highest BCUT2D eigenvalue weighted by atomic mass is 35.5. The van der Waals surface area contributed by atoms with E-state index >= 15 is 0 Å². The van der Waals surface area contributed by atoms with Gasteiger partial charge in [-0.25, -0.2) is 13.2 Å². The lowest BCUT2D eigenvalue weighted by molar-refractivity contribution is 0.192. The van der Waals surface area contributed by atoms with Crippen molar-refractivity contribution in [2.75, 3.05) is 6.26 Å². The minimum Gasteiger partial charge on any atom is -0.463 e. The predicted octanol–water partition coefficient (Wildman–Crippen LogP) is 5.31. The van der Waals surface area contributed by atoms with Crippen molar-refractivity contribution in [2.45, 2.75) is 17.2 Å². The van der Waals surface area contributed by atoms with Crippen molar-refractivity contribution in [3.05, 3.63) is 107 Å². The van der Waals surface area contributed by atoms with Gasteiger partial charge in [0.25, 0.3) is 0 Å². The van der Waals surface area contributed by atoms with Crippen molar-refractivity contribution >= 4 is 27.5 Å². The molecule has 1 aromatic heterocycles. The average Bonchev–Trinajstić information content (AvgIpc) is 3.22. The van der Waals surface area contributed by atoms with Crippen LogP contribution in [0.4, 0.5) is 4.79 Å². The Labute approximate surface area is 197 Å². The van der Waals surface area contributed by atoms with Crippen LogP contribution in [0.25, 0.3) is 11.1 Å². The molecule has 0 amide bonds. The van der Waals surface area contributed by atoms with Crippen LogP contribution in [0.15, 0.2) is 83.8 Å². The van der Waals surface area contributed by atoms with Gasteiger partial charge in [-0.3, -0.25) is 0 Å². The van der Waals surface area contributed by atoms with Gasteiger partial charge in [0.2, 0.25) is 0 Å². The SMILES string of the molecule is CS(=O)(=O)c1ccc(C(Cc2nn(C(=O)O)[c]c2-c2ccc(Cl)cc2)c2ccccc2)cc1. The van der Waals surface area contributed by atoms with Gasteiger partial charge in [0.1, 0.15) is 6.20 Å². The van der Waals surface area contributed by atoms with Gasteiger partial charge in [0, 0.05) is 29.2 Å². The Morgan fingerprint density at radius 3 is 2.18 bits per heavy atom. The molecule has 3 aromatic carbocycles. The quantitative estimate of drug-likeness (QED) is 0.405. The van der Waals surface area contributed by atoms with Crippen LogP contribution in [0.1, 0.15) is 22.7 Å². The topological polar surface area (TPSA) is 89.3 Å². The van der Waals surface area contributed by atoms with Gasteiger partial charge in [-0.15, -0.1) is 0 Å². The Bertz CT molecular complexity index is 1380. The molecule has 1 atom stereocenters. The smallest absolute Gasteiger partial charge is 0.432 e. The van der Waals surface area contributed by atoms with Crippen LogP contribution in [-0.2, 0) is 16.3 Å². The van der Waals surface area contributed by atoms with E-state index in [1.54, 1.807) is 48.5 Å². The monoisotopic (exact) mass is 479 g/mol. The zero-order valence-corrected chi connectivity index (χ0v) is 19.2. The van der Waals surface area contributed by atoms with Gasteiger partial charge in [-0.2, -0.15) is 9.78 Å². The van der Waals surface area contributed by atoms with Gasteiger partial charge in [0.15, 0.2) is 9.84 Å². The van der Waals surface area contributed by atoms with E-state index in [4.69, 9.17) is 11.6 Å². The van der Waals surface area contributed by atoms with Gasteiger partial charge < -0.3 is 5.11 Å². The summed E-state index contributed by atoms with van der Waals surface area (Å²) < 4.78 is 24.6. The molecule has 0 spiro atoms. The molecule has 1 radical (unpaired) electrons. The van der Waals surface area contributed by atoms with Crippen LogP contribution in [-0.4, -0.2) is 35.7 Å². The zero-order chi connectivity index (χ0) is 23.6. The fraction of sp³-hybridized carbons (Fsp3) is 0.120. The number of halogens is 1. The number of benzene rings is 3. The summed E-state index contributed by atoms with van der Waals surface area (Å²) in [5.74, 6) is -0.184. The Balaban J connectivity index is 1.80. The van der Waals surface area contributed by atoms with Crippen molar-refractivity contribution in [2.24, 2.45) is 0 Å². The van der Waals surface area contributed by atoms with Crippen LogP contribution in [0, 0.1) is 6.20 Å². The average molecular weight is 480 g/mol.